The van der Waals surface area contributed by atoms with E-state index in [1.807, 2.05) is 13.8 Å². The highest BCUT2D eigenvalue weighted by Crippen LogP contribution is 2.24. The molecule has 2 atom stereocenters. The molecule has 3 heterocycles. The molecule has 3 rings (SSSR count). The van der Waals surface area contributed by atoms with Gasteiger partial charge in [0, 0.05) is 51.4 Å². The van der Waals surface area contributed by atoms with Crippen molar-refractivity contribution < 1.29 is 0 Å². The Hall–Kier alpha value is -0.160. The van der Waals surface area contributed by atoms with E-state index in [2.05, 4.69) is 40.5 Å². The van der Waals surface area contributed by atoms with Crippen LogP contribution in [0.1, 0.15) is 59.8 Å². The highest BCUT2D eigenvalue weighted by molar-refractivity contribution is 4.85. The van der Waals surface area contributed by atoms with Crippen molar-refractivity contribution in [2.45, 2.75) is 71.9 Å². The Morgan fingerprint density at radius 2 is 1.54 bits per heavy atom. The van der Waals surface area contributed by atoms with Crippen LogP contribution in [-0.4, -0.2) is 97.6 Å². The third-order valence-corrected chi connectivity index (χ3v) is 6.91. The first-order chi connectivity index (χ1) is 12.7. The van der Waals surface area contributed by atoms with E-state index in [-0.39, 0.29) is 0 Å². The number of piperidine rings is 2. The molecule has 0 spiro atoms. The van der Waals surface area contributed by atoms with Gasteiger partial charge in [0.15, 0.2) is 0 Å². The normalized spacial score (nSPS) is 29.2. The zero-order valence-corrected chi connectivity index (χ0v) is 18.4. The Kier molecular flexibility index (Phi) is 9.90. The largest absolute Gasteiger partial charge is 0.304 e. The van der Waals surface area contributed by atoms with Crippen LogP contribution in [0.3, 0.4) is 0 Å². The molecule has 4 nitrogen and oxygen atoms in total. The van der Waals surface area contributed by atoms with Gasteiger partial charge in [0.2, 0.25) is 0 Å². The zero-order valence-electron chi connectivity index (χ0n) is 18.4. The Bertz CT molecular complexity index is 359. The molecular formula is C22H46N4. The summed E-state index contributed by atoms with van der Waals surface area (Å²) in [6.45, 7) is 20.5. The molecule has 3 aliphatic heterocycles. The summed E-state index contributed by atoms with van der Waals surface area (Å²) in [6.07, 6.45) is 6.96. The monoisotopic (exact) mass is 366 g/mol. The second kappa shape index (κ2) is 11.6. The third-order valence-electron chi connectivity index (χ3n) is 6.91. The summed E-state index contributed by atoms with van der Waals surface area (Å²) >= 11 is 0. The fraction of sp³-hybridized carbons (Fsp3) is 1.00. The van der Waals surface area contributed by atoms with Gasteiger partial charge in [-0.05, 0) is 71.6 Å². The highest BCUT2D eigenvalue weighted by Gasteiger charge is 2.29. The van der Waals surface area contributed by atoms with Crippen LogP contribution in [0.2, 0.25) is 0 Å². The van der Waals surface area contributed by atoms with Crippen LogP contribution in [-0.2, 0) is 0 Å². The first-order valence-electron chi connectivity index (χ1n) is 11.5. The Labute approximate surface area is 163 Å². The predicted molar refractivity (Wildman–Crippen MR) is 114 cm³/mol. The van der Waals surface area contributed by atoms with Crippen LogP contribution in [0.15, 0.2) is 0 Å². The fourth-order valence-electron chi connectivity index (χ4n) is 4.88. The minimum Gasteiger partial charge on any atom is -0.304 e. The quantitative estimate of drug-likeness (QED) is 0.740. The summed E-state index contributed by atoms with van der Waals surface area (Å²) in [5.74, 6) is 0.941. The fourth-order valence-corrected chi connectivity index (χ4v) is 4.88. The van der Waals surface area contributed by atoms with E-state index >= 15 is 0 Å². The van der Waals surface area contributed by atoms with Gasteiger partial charge >= 0.3 is 0 Å². The van der Waals surface area contributed by atoms with Crippen molar-refractivity contribution in [2.75, 3.05) is 66.0 Å². The molecule has 3 fully saturated rings. The lowest BCUT2D eigenvalue weighted by atomic mass is 9.93. The average molecular weight is 367 g/mol. The molecule has 0 bridgehead atoms. The molecular weight excluding hydrogens is 320 g/mol. The number of piperazine rings is 1. The Morgan fingerprint density at radius 3 is 2.15 bits per heavy atom. The molecule has 0 aromatic heterocycles. The molecule has 0 amide bonds. The maximum Gasteiger partial charge on any atom is 0.0224 e. The Morgan fingerprint density at radius 1 is 0.885 bits per heavy atom. The molecule has 154 valence electrons. The van der Waals surface area contributed by atoms with Gasteiger partial charge in [-0.1, -0.05) is 20.8 Å². The van der Waals surface area contributed by atoms with E-state index in [4.69, 9.17) is 0 Å². The van der Waals surface area contributed by atoms with E-state index in [1.54, 1.807) is 0 Å². The molecule has 4 heteroatoms. The highest BCUT2D eigenvalue weighted by atomic mass is 15.3. The smallest absolute Gasteiger partial charge is 0.0224 e. The number of rotatable bonds is 5. The van der Waals surface area contributed by atoms with Crippen molar-refractivity contribution >= 4 is 0 Å². The van der Waals surface area contributed by atoms with E-state index in [0.717, 1.165) is 18.0 Å². The topological polar surface area (TPSA) is 13.0 Å². The second-order valence-corrected chi connectivity index (χ2v) is 8.63. The zero-order chi connectivity index (χ0) is 18.9. The lowest BCUT2D eigenvalue weighted by molar-refractivity contribution is 0.0459. The van der Waals surface area contributed by atoms with Crippen molar-refractivity contribution in [3.8, 4) is 0 Å². The van der Waals surface area contributed by atoms with Crippen LogP contribution >= 0.6 is 0 Å². The SMILES string of the molecule is CC.CCC(C)N1CCC(CN2CCCC(N3CCN(C)CC3)C2)CC1. The molecule has 0 saturated carbocycles. The molecule has 0 aromatic carbocycles. The van der Waals surface area contributed by atoms with Gasteiger partial charge in [0.25, 0.3) is 0 Å². The number of likely N-dealkylation sites (tertiary alicyclic amines) is 2. The number of likely N-dealkylation sites (N-methyl/N-ethyl adjacent to an activating group) is 1. The van der Waals surface area contributed by atoms with Crippen LogP contribution in [0.5, 0.6) is 0 Å². The van der Waals surface area contributed by atoms with E-state index in [0.29, 0.717) is 0 Å². The predicted octanol–water partition coefficient (Wildman–Crippen LogP) is 3.23. The molecule has 0 aromatic rings. The van der Waals surface area contributed by atoms with Crippen LogP contribution in [0.4, 0.5) is 0 Å². The van der Waals surface area contributed by atoms with Crippen LogP contribution in [0, 0.1) is 5.92 Å². The maximum absolute atomic E-state index is 2.80. The second-order valence-electron chi connectivity index (χ2n) is 8.63. The molecule has 0 radical (unpaired) electrons. The molecule has 3 aliphatic rings. The van der Waals surface area contributed by atoms with E-state index < -0.39 is 0 Å². The maximum atomic E-state index is 2.80. The minimum absolute atomic E-state index is 0.780. The number of nitrogens with zero attached hydrogens (tertiary/aromatic N) is 4. The Balaban J connectivity index is 0.00000117. The van der Waals surface area contributed by atoms with Crippen LogP contribution < -0.4 is 0 Å². The van der Waals surface area contributed by atoms with Crippen molar-refractivity contribution in [3.05, 3.63) is 0 Å². The van der Waals surface area contributed by atoms with E-state index in [9.17, 15) is 0 Å². The summed E-state index contributed by atoms with van der Waals surface area (Å²) in [4.78, 5) is 10.8. The average Bonchev–Trinajstić information content (AvgIpc) is 2.70. The molecule has 0 N–H and O–H groups in total. The van der Waals surface area contributed by atoms with Crippen molar-refractivity contribution in [2.24, 2.45) is 5.92 Å². The van der Waals surface area contributed by atoms with Gasteiger partial charge in [-0.3, -0.25) is 4.90 Å². The van der Waals surface area contributed by atoms with Crippen LogP contribution in [0.25, 0.3) is 0 Å². The number of hydrogen-bond donors (Lipinski definition) is 0. The van der Waals surface area contributed by atoms with Gasteiger partial charge < -0.3 is 14.7 Å². The number of hydrogen-bond acceptors (Lipinski definition) is 4. The summed E-state index contributed by atoms with van der Waals surface area (Å²) in [5, 5.41) is 0. The van der Waals surface area contributed by atoms with Crippen molar-refractivity contribution in [3.63, 3.8) is 0 Å². The van der Waals surface area contributed by atoms with E-state index in [1.165, 1.54) is 91.0 Å². The molecule has 0 aliphatic carbocycles. The van der Waals surface area contributed by atoms with Gasteiger partial charge in [-0.15, -0.1) is 0 Å². The van der Waals surface area contributed by atoms with Gasteiger partial charge in [0.1, 0.15) is 0 Å². The standard InChI is InChI=1S/C20H40N4.C2H6/c1-4-18(2)23-10-7-19(8-11-23)16-22-9-5-6-20(17-22)24-14-12-21(3)13-15-24;1-2/h18-20H,4-17H2,1-3H3;1-2H3. The van der Waals surface area contributed by atoms with Gasteiger partial charge in [-0.2, -0.15) is 0 Å². The summed E-state index contributed by atoms with van der Waals surface area (Å²) in [6, 6.07) is 1.61. The lowest BCUT2D eigenvalue weighted by Crippen LogP contribution is -2.55. The third kappa shape index (κ3) is 6.47. The van der Waals surface area contributed by atoms with Crippen molar-refractivity contribution in [1.29, 1.82) is 0 Å². The molecule has 26 heavy (non-hydrogen) atoms. The lowest BCUT2D eigenvalue weighted by Gasteiger charge is -2.44. The van der Waals surface area contributed by atoms with Gasteiger partial charge in [-0.25, -0.2) is 0 Å². The molecule has 3 saturated heterocycles. The minimum atomic E-state index is 0.780. The summed E-state index contributed by atoms with van der Waals surface area (Å²) < 4.78 is 0. The summed E-state index contributed by atoms with van der Waals surface area (Å²) in [5.41, 5.74) is 0. The first kappa shape index (κ1) is 22.1. The first-order valence-corrected chi connectivity index (χ1v) is 11.5. The summed E-state index contributed by atoms with van der Waals surface area (Å²) in [7, 11) is 2.26. The molecule has 2 unspecified atom stereocenters. The van der Waals surface area contributed by atoms with Gasteiger partial charge in [0.05, 0.1) is 0 Å². The van der Waals surface area contributed by atoms with Crippen molar-refractivity contribution in [1.82, 2.24) is 19.6 Å².